The monoisotopic (exact) mass is 377 g/mol. The second-order valence-electron chi connectivity index (χ2n) is 7.72. The number of rotatable bonds is 3. The molecule has 2 amide bonds. The Morgan fingerprint density at radius 3 is 2.36 bits per heavy atom. The predicted octanol–water partition coefficient (Wildman–Crippen LogP) is 2.54. The lowest BCUT2D eigenvalue weighted by Crippen LogP contribution is -2.44. The van der Waals surface area contributed by atoms with E-state index in [1.807, 2.05) is 12.1 Å². The molecular formula is C22H23N3O3. The van der Waals surface area contributed by atoms with Crippen LogP contribution in [0.25, 0.3) is 0 Å². The molecule has 3 aliphatic rings. The van der Waals surface area contributed by atoms with E-state index >= 15 is 0 Å². The number of imide groups is 1. The molecule has 2 aromatic rings. The van der Waals surface area contributed by atoms with Crippen molar-refractivity contribution < 1.29 is 14.3 Å². The molecule has 0 saturated carbocycles. The van der Waals surface area contributed by atoms with Crippen molar-refractivity contribution in [2.24, 2.45) is 5.92 Å². The summed E-state index contributed by atoms with van der Waals surface area (Å²) in [5.74, 6) is -0.0113. The summed E-state index contributed by atoms with van der Waals surface area (Å²) in [4.78, 5) is 28.2. The van der Waals surface area contributed by atoms with Gasteiger partial charge in [0.2, 0.25) is 5.91 Å². The molecule has 6 heteroatoms. The average Bonchev–Trinajstić information content (AvgIpc) is 3.35. The van der Waals surface area contributed by atoms with E-state index in [2.05, 4.69) is 41.2 Å². The molecule has 3 saturated heterocycles. The number of methoxy groups -OCH3 is 1. The predicted molar refractivity (Wildman–Crippen MR) is 105 cm³/mol. The van der Waals surface area contributed by atoms with Gasteiger partial charge in [-0.2, -0.15) is 0 Å². The van der Waals surface area contributed by atoms with Crippen LogP contribution < -0.4 is 9.64 Å². The van der Waals surface area contributed by atoms with E-state index in [1.165, 1.54) is 10.5 Å². The molecule has 0 aliphatic carbocycles. The van der Waals surface area contributed by atoms with Gasteiger partial charge in [-0.15, -0.1) is 0 Å². The number of amides is 2. The van der Waals surface area contributed by atoms with Gasteiger partial charge in [0.1, 0.15) is 11.8 Å². The number of carbonyl (C=O) groups excluding carboxylic acids is 2. The van der Waals surface area contributed by atoms with Crippen molar-refractivity contribution in [3.63, 3.8) is 0 Å². The maximum atomic E-state index is 13.5. The Labute approximate surface area is 164 Å². The van der Waals surface area contributed by atoms with Gasteiger partial charge in [-0.25, -0.2) is 14.9 Å². The number of benzene rings is 2. The molecule has 28 heavy (non-hydrogen) atoms. The third-order valence-electron chi connectivity index (χ3n) is 6.14. The number of carbonyl (C=O) groups is 2. The van der Waals surface area contributed by atoms with Crippen molar-refractivity contribution in [3.05, 3.63) is 59.7 Å². The molecule has 0 bridgehead atoms. The average molecular weight is 377 g/mol. The molecule has 3 aliphatic heterocycles. The molecule has 0 N–H and O–H groups in total. The Hall–Kier alpha value is -2.70. The molecule has 3 atom stereocenters. The summed E-state index contributed by atoms with van der Waals surface area (Å²) >= 11 is 0. The third-order valence-corrected chi connectivity index (χ3v) is 6.14. The van der Waals surface area contributed by atoms with Crippen LogP contribution in [-0.4, -0.2) is 48.1 Å². The molecule has 3 unspecified atom stereocenters. The number of aryl methyl sites for hydroxylation is 1. The van der Waals surface area contributed by atoms with Crippen LogP contribution in [0.1, 0.15) is 23.6 Å². The number of hydrogen-bond donors (Lipinski definition) is 0. The lowest BCUT2D eigenvalue weighted by Gasteiger charge is -2.29. The number of fused-ring (bicyclic) bond motifs is 3. The van der Waals surface area contributed by atoms with Crippen LogP contribution in [0.3, 0.4) is 0 Å². The number of hydrogen-bond acceptors (Lipinski definition) is 5. The Bertz CT molecular complexity index is 942. The van der Waals surface area contributed by atoms with E-state index in [1.54, 1.807) is 19.2 Å². The first-order valence-electron chi connectivity index (χ1n) is 9.72. The minimum absolute atomic E-state index is 0.0971. The molecule has 0 radical (unpaired) electrons. The molecule has 0 aromatic heterocycles. The molecule has 2 aromatic carbocycles. The number of nitrogens with zero attached hydrogens (tertiary/aromatic N) is 3. The highest BCUT2D eigenvalue weighted by molar-refractivity contribution is 6.24. The zero-order valence-corrected chi connectivity index (χ0v) is 16.0. The van der Waals surface area contributed by atoms with Crippen molar-refractivity contribution in [2.45, 2.75) is 25.4 Å². The smallest absolute Gasteiger partial charge is 0.253 e. The molecular weight excluding hydrogens is 354 g/mol. The highest BCUT2D eigenvalue weighted by Gasteiger charge is 2.62. The van der Waals surface area contributed by atoms with Gasteiger partial charge in [-0.05, 0) is 31.0 Å². The fraction of sp³-hybridized carbons (Fsp3) is 0.364. The second-order valence-corrected chi connectivity index (χ2v) is 7.72. The van der Waals surface area contributed by atoms with Gasteiger partial charge in [0.05, 0.1) is 24.8 Å². The molecule has 5 rings (SSSR count). The lowest BCUT2D eigenvalue weighted by molar-refractivity contribution is -0.126. The fourth-order valence-electron chi connectivity index (χ4n) is 4.88. The van der Waals surface area contributed by atoms with Gasteiger partial charge in [0.15, 0.2) is 0 Å². The SMILES string of the molecule is COc1cccc(N2C(=O)C3C(C2=O)N2CCCN2C3c2ccc(C)cc2)c1. The molecule has 0 spiro atoms. The first kappa shape index (κ1) is 17.4. The summed E-state index contributed by atoms with van der Waals surface area (Å²) in [5.41, 5.74) is 2.86. The van der Waals surface area contributed by atoms with Crippen molar-refractivity contribution >= 4 is 17.5 Å². The maximum Gasteiger partial charge on any atom is 0.253 e. The van der Waals surface area contributed by atoms with Crippen LogP contribution in [0.4, 0.5) is 5.69 Å². The third kappa shape index (κ3) is 2.41. The Balaban J connectivity index is 1.57. The second kappa shape index (κ2) is 6.43. The van der Waals surface area contributed by atoms with E-state index in [4.69, 9.17) is 4.74 Å². The van der Waals surface area contributed by atoms with Gasteiger partial charge < -0.3 is 4.74 Å². The zero-order valence-electron chi connectivity index (χ0n) is 16.0. The first-order valence-corrected chi connectivity index (χ1v) is 9.72. The van der Waals surface area contributed by atoms with E-state index in [9.17, 15) is 9.59 Å². The summed E-state index contributed by atoms with van der Waals surface area (Å²) in [6.45, 7) is 3.75. The quantitative estimate of drug-likeness (QED) is 0.770. The van der Waals surface area contributed by atoms with Crippen molar-refractivity contribution in [3.8, 4) is 5.75 Å². The molecule has 3 fully saturated rings. The van der Waals surface area contributed by atoms with Crippen LogP contribution in [-0.2, 0) is 9.59 Å². The van der Waals surface area contributed by atoms with Crippen molar-refractivity contribution in [2.75, 3.05) is 25.1 Å². The summed E-state index contributed by atoms with van der Waals surface area (Å²) in [6.07, 6.45) is 1.01. The number of ether oxygens (including phenoxy) is 1. The molecule has 144 valence electrons. The maximum absolute atomic E-state index is 13.5. The van der Waals surface area contributed by atoms with Crippen LogP contribution in [0.5, 0.6) is 5.75 Å². The number of anilines is 1. The highest BCUT2D eigenvalue weighted by Crippen LogP contribution is 2.49. The van der Waals surface area contributed by atoms with Crippen molar-refractivity contribution in [1.29, 1.82) is 0 Å². The topological polar surface area (TPSA) is 53.1 Å². The zero-order chi connectivity index (χ0) is 19.4. The Kier molecular flexibility index (Phi) is 4.00. The van der Waals surface area contributed by atoms with E-state index in [0.29, 0.717) is 11.4 Å². The highest BCUT2D eigenvalue weighted by atomic mass is 16.5. The number of hydrazine groups is 1. The fourth-order valence-corrected chi connectivity index (χ4v) is 4.88. The van der Waals surface area contributed by atoms with Gasteiger partial charge >= 0.3 is 0 Å². The minimum atomic E-state index is -0.424. The lowest BCUT2D eigenvalue weighted by atomic mass is 9.89. The molecule has 3 heterocycles. The normalized spacial score (nSPS) is 27.4. The molecule has 6 nitrogen and oxygen atoms in total. The van der Waals surface area contributed by atoms with Gasteiger partial charge in [-0.3, -0.25) is 9.59 Å². The Morgan fingerprint density at radius 2 is 1.64 bits per heavy atom. The van der Waals surface area contributed by atoms with Gasteiger partial charge in [-0.1, -0.05) is 35.9 Å². The summed E-state index contributed by atoms with van der Waals surface area (Å²) in [5, 5.41) is 4.36. The van der Waals surface area contributed by atoms with Gasteiger partial charge in [0, 0.05) is 19.2 Å². The summed E-state index contributed by atoms with van der Waals surface area (Å²) in [7, 11) is 1.58. The van der Waals surface area contributed by atoms with Crippen LogP contribution in [0.2, 0.25) is 0 Å². The minimum Gasteiger partial charge on any atom is -0.497 e. The van der Waals surface area contributed by atoms with E-state index in [0.717, 1.165) is 25.1 Å². The van der Waals surface area contributed by atoms with Gasteiger partial charge in [0.25, 0.3) is 5.91 Å². The Morgan fingerprint density at radius 1 is 0.929 bits per heavy atom. The van der Waals surface area contributed by atoms with Crippen LogP contribution in [0, 0.1) is 12.8 Å². The summed E-state index contributed by atoms with van der Waals surface area (Å²) in [6, 6.07) is 15.0. The van der Waals surface area contributed by atoms with Crippen molar-refractivity contribution in [1.82, 2.24) is 10.0 Å². The largest absolute Gasteiger partial charge is 0.497 e. The first-order chi connectivity index (χ1) is 13.6. The van der Waals surface area contributed by atoms with E-state index in [-0.39, 0.29) is 23.8 Å². The van der Waals surface area contributed by atoms with Crippen LogP contribution in [0.15, 0.2) is 48.5 Å². The van der Waals surface area contributed by atoms with Crippen LogP contribution >= 0.6 is 0 Å². The standard InChI is InChI=1S/C22H23N3O3/c1-14-7-9-15(10-8-14)19-18-20(24-12-4-11-23(19)24)22(27)25(21(18)26)16-5-3-6-17(13-16)28-2/h3,5-10,13,18-20H,4,11-12H2,1-2H3. The van der Waals surface area contributed by atoms with E-state index < -0.39 is 6.04 Å². The summed E-state index contributed by atoms with van der Waals surface area (Å²) < 4.78 is 5.28.